The molecule has 0 N–H and O–H groups in total. The lowest BCUT2D eigenvalue weighted by molar-refractivity contribution is -0.159. The Bertz CT molecular complexity index is 878. The second kappa shape index (κ2) is 7.41. The van der Waals surface area contributed by atoms with E-state index in [0.29, 0.717) is 4.31 Å². The van der Waals surface area contributed by atoms with Crippen LogP contribution in [0.5, 0.6) is 0 Å². The normalized spacial score (nSPS) is 12.2. The molecule has 26 heavy (non-hydrogen) atoms. The highest BCUT2D eigenvalue weighted by Crippen LogP contribution is 2.29. The van der Waals surface area contributed by atoms with E-state index in [1.54, 1.807) is 0 Å². The molecule has 2 aromatic rings. The molecule has 0 aliphatic heterocycles. The van der Waals surface area contributed by atoms with Gasteiger partial charge < -0.3 is 9.26 Å². The quantitative estimate of drug-likeness (QED) is 0.737. The highest BCUT2D eigenvalue weighted by molar-refractivity contribution is 7.89. The summed E-state index contributed by atoms with van der Waals surface area (Å²) in [4.78, 5) is 15.5. The minimum Gasteiger partial charge on any atom is -0.384 e. The van der Waals surface area contributed by atoms with Crippen LogP contribution in [0.15, 0.2) is 28.8 Å². The first-order valence-electron chi connectivity index (χ1n) is 7.07. The summed E-state index contributed by atoms with van der Waals surface area (Å²) in [6, 6.07) is 5.08. The van der Waals surface area contributed by atoms with E-state index in [-0.39, 0.29) is 29.3 Å². The summed E-state index contributed by atoms with van der Waals surface area (Å²) in [6.45, 7) is -0.0712. The smallest absolute Gasteiger partial charge is 0.384 e. The van der Waals surface area contributed by atoms with E-state index < -0.39 is 28.0 Å². The van der Waals surface area contributed by atoms with Crippen LogP contribution in [0.1, 0.15) is 16.2 Å². The SMILES string of the molecule is COCCS(=O)(=O)N(C)C(=O)c1ccc(-c2noc(C(F)(F)F)n2)cc1. The molecule has 1 aromatic carbocycles. The Labute approximate surface area is 146 Å². The van der Waals surface area contributed by atoms with Crippen LogP contribution in [0.4, 0.5) is 13.2 Å². The molecule has 0 fully saturated rings. The van der Waals surface area contributed by atoms with Crippen LogP contribution in [0, 0.1) is 0 Å². The molecule has 0 aliphatic carbocycles. The van der Waals surface area contributed by atoms with E-state index in [1.165, 1.54) is 31.4 Å². The van der Waals surface area contributed by atoms with Crippen LogP contribution in [0.2, 0.25) is 0 Å². The topological polar surface area (TPSA) is 103 Å². The van der Waals surface area contributed by atoms with Crippen molar-refractivity contribution in [2.75, 3.05) is 26.5 Å². The van der Waals surface area contributed by atoms with Crippen molar-refractivity contribution in [3.05, 3.63) is 35.7 Å². The average molecular weight is 393 g/mol. The van der Waals surface area contributed by atoms with Crippen LogP contribution in [-0.4, -0.2) is 55.3 Å². The van der Waals surface area contributed by atoms with Gasteiger partial charge in [-0.2, -0.15) is 18.2 Å². The van der Waals surface area contributed by atoms with Gasteiger partial charge in [0, 0.05) is 25.3 Å². The molecule has 0 saturated heterocycles. The summed E-state index contributed by atoms with van der Waals surface area (Å²) < 4.78 is 70.7. The summed E-state index contributed by atoms with van der Waals surface area (Å²) in [5, 5.41) is 3.22. The molecule has 0 unspecified atom stereocenters. The van der Waals surface area contributed by atoms with Crippen molar-refractivity contribution in [1.29, 1.82) is 0 Å². The van der Waals surface area contributed by atoms with Gasteiger partial charge in [0.05, 0.1) is 12.4 Å². The van der Waals surface area contributed by atoms with E-state index in [0.717, 1.165) is 7.05 Å². The van der Waals surface area contributed by atoms with Crippen LogP contribution in [-0.2, 0) is 20.9 Å². The highest BCUT2D eigenvalue weighted by atomic mass is 32.2. The molecule has 2 rings (SSSR count). The third kappa shape index (κ3) is 4.38. The van der Waals surface area contributed by atoms with Crippen molar-refractivity contribution in [3.63, 3.8) is 0 Å². The first kappa shape index (κ1) is 19.8. The number of carbonyl (C=O) groups excluding carboxylic acids is 1. The third-order valence-electron chi connectivity index (χ3n) is 3.31. The maximum absolute atomic E-state index is 12.5. The van der Waals surface area contributed by atoms with Gasteiger partial charge in [-0.1, -0.05) is 17.3 Å². The zero-order valence-corrected chi connectivity index (χ0v) is 14.5. The molecule has 8 nitrogen and oxygen atoms in total. The maximum Gasteiger partial charge on any atom is 0.471 e. The van der Waals surface area contributed by atoms with Gasteiger partial charge in [-0.25, -0.2) is 12.7 Å². The molecule has 0 aliphatic rings. The zero-order chi connectivity index (χ0) is 19.5. The number of nitrogens with zero attached hydrogens (tertiary/aromatic N) is 3. The summed E-state index contributed by atoms with van der Waals surface area (Å²) in [5.74, 6) is -2.96. The Balaban J connectivity index is 2.19. The van der Waals surface area contributed by atoms with Crippen LogP contribution in [0.3, 0.4) is 0 Å². The van der Waals surface area contributed by atoms with Crippen molar-refractivity contribution >= 4 is 15.9 Å². The predicted octanol–water partition coefficient (Wildman–Crippen LogP) is 1.80. The lowest BCUT2D eigenvalue weighted by Crippen LogP contribution is -2.36. The van der Waals surface area contributed by atoms with Gasteiger partial charge in [0.15, 0.2) is 0 Å². The Morgan fingerprint density at radius 1 is 1.27 bits per heavy atom. The number of alkyl halides is 3. The van der Waals surface area contributed by atoms with Gasteiger partial charge in [-0.3, -0.25) is 4.79 Å². The van der Waals surface area contributed by atoms with Crippen molar-refractivity contribution in [3.8, 4) is 11.4 Å². The number of ether oxygens (including phenoxy) is 1. The Morgan fingerprint density at radius 2 is 1.88 bits per heavy atom. The van der Waals surface area contributed by atoms with Gasteiger partial charge in [-0.15, -0.1) is 0 Å². The van der Waals surface area contributed by atoms with Gasteiger partial charge in [-0.05, 0) is 12.1 Å². The van der Waals surface area contributed by atoms with Gasteiger partial charge in [0.25, 0.3) is 5.91 Å². The number of halogens is 3. The first-order chi connectivity index (χ1) is 12.1. The fraction of sp³-hybridized carbons (Fsp3) is 0.357. The maximum atomic E-state index is 12.5. The largest absolute Gasteiger partial charge is 0.471 e. The van der Waals surface area contributed by atoms with Crippen molar-refractivity contribution < 1.29 is 35.6 Å². The number of rotatable bonds is 6. The van der Waals surface area contributed by atoms with Crippen molar-refractivity contribution in [2.24, 2.45) is 0 Å². The van der Waals surface area contributed by atoms with E-state index in [9.17, 15) is 26.4 Å². The van der Waals surface area contributed by atoms with E-state index >= 15 is 0 Å². The van der Waals surface area contributed by atoms with Crippen molar-refractivity contribution in [1.82, 2.24) is 14.4 Å². The lowest BCUT2D eigenvalue weighted by atomic mass is 10.1. The van der Waals surface area contributed by atoms with Crippen LogP contribution in [0.25, 0.3) is 11.4 Å². The number of methoxy groups -OCH3 is 1. The first-order valence-corrected chi connectivity index (χ1v) is 8.68. The molecule has 1 heterocycles. The van der Waals surface area contributed by atoms with Crippen LogP contribution < -0.4 is 0 Å². The number of aromatic nitrogens is 2. The minimum absolute atomic E-state index is 0.0248. The monoisotopic (exact) mass is 393 g/mol. The summed E-state index contributed by atoms with van der Waals surface area (Å²) in [5.41, 5.74) is 0.197. The summed E-state index contributed by atoms with van der Waals surface area (Å²) >= 11 is 0. The fourth-order valence-electron chi connectivity index (χ4n) is 1.85. The van der Waals surface area contributed by atoms with E-state index in [2.05, 4.69) is 19.4 Å². The Morgan fingerprint density at radius 3 is 2.38 bits per heavy atom. The molecular weight excluding hydrogens is 379 g/mol. The van der Waals surface area contributed by atoms with E-state index in [1.807, 2.05) is 0 Å². The Kier molecular flexibility index (Phi) is 5.66. The minimum atomic E-state index is -4.76. The van der Waals surface area contributed by atoms with Crippen LogP contribution >= 0.6 is 0 Å². The average Bonchev–Trinajstić information content (AvgIpc) is 3.09. The van der Waals surface area contributed by atoms with Gasteiger partial charge >= 0.3 is 12.1 Å². The zero-order valence-electron chi connectivity index (χ0n) is 13.6. The highest BCUT2D eigenvalue weighted by Gasteiger charge is 2.38. The van der Waals surface area contributed by atoms with Gasteiger partial charge in [0.1, 0.15) is 0 Å². The molecule has 0 atom stereocenters. The number of hydrogen-bond donors (Lipinski definition) is 0. The molecule has 0 bridgehead atoms. The molecule has 0 radical (unpaired) electrons. The molecule has 1 aromatic heterocycles. The predicted molar refractivity (Wildman–Crippen MR) is 82.5 cm³/mol. The number of benzene rings is 1. The van der Waals surface area contributed by atoms with E-state index in [4.69, 9.17) is 0 Å². The van der Waals surface area contributed by atoms with Crippen molar-refractivity contribution in [2.45, 2.75) is 6.18 Å². The standard InChI is InChI=1S/C14H14F3N3O5S/c1-20(26(22,23)8-7-24-2)12(21)10-5-3-9(4-6-10)11-18-13(25-19-11)14(15,16)17/h3-6H,7-8H2,1-2H3. The second-order valence-electron chi connectivity index (χ2n) is 5.08. The molecular formula is C14H14F3N3O5S. The second-order valence-corrected chi connectivity index (χ2v) is 7.20. The molecule has 0 saturated carbocycles. The van der Waals surface area contributed by atoms with Gasteiger partial charge in [0.2, 0.25) is 15.8 Å². The fourth-order valence-corrected chi connectivity index (χ4v) is 2.86. The number of sulfonamides is 1. The lowest BCUT2D eigenvalue weighted by Gasteiger charge is -2.17. The summed E-state index contributed by atoms with van der Waals surface area (Å²) in [6.07, 6.45) is -4.76. The molecule has 1 amide bonds. The number of carbonyl (C=O) groups is 1. The molecule has 0 spiro atoms. The number of hydrogen-bond acceptors (Lipinski definition) is 7. The number of amides is 1. The third-order valence-corrected chi connectivity index (χ3v) is 4.99. The molecule has 12 heteroatoms. The Hall–Kier alpha value is -2.47. The molecule has 142 valence electrons. The summed E-state index contributed by atoms with van der Waals surface area (Å²) in [7, 11) is -1.41.